The molecule has 1 amide bonds. The van der Waals surface area contributed by atoms with Crippen LogP contribution in [0.15, 0.2) is 24.3 Å². The van der Waals surface area contributed by atoms with E-state index in [4.69, 9.17) is 9.47 Å². The highest BCUT2D eigenvalue weighted by Crippen LogP contribution is 2.15. The van der Waals surface area contributed by atoms with Crippen LogP contribution in [0.5, 0.6) is 5.75 Å². The first-order valence-corrected chi connectivity index (χ1v) is 6.38. The second-order valence-electron chi connectivity index (χ2n) is 4.26. The molecule has 1 fully saturated rings. The number of carbonyl (C=O) groups is 2. The predicted octanol–water partition coefficient (Wildman–Crippen LogP) is 1.47. The van der Waals surface area contributed by atoms with Gasteiger partial charge < -0.3 is 14.4 Å². The fourth-order valence-corrected chi connectivity index (χ4v) is 1.82. The van der Waals surface area contributed by atoms with Crippen molar-refractivity contribution in [3.63, 3.8) is 0 Å². The van der Waals surface area contributed by atoms with Crippen molar-refractivity contribution in [2.75, 3.05) is 26.3 Å². The Bertz CT molecular complexity index is 449. The molecule has 0 saturated carbocycles. The number of esters is 1. The van der Waals surface area contributed by atoms with Gasteiger partial charge in [-0.15, -0.1) is 0 Å². The number of ether oxygens (including phenoxy) is 2. The maximum atomic E-state index is 12.2. The van der Waals surface area contributed by atoms with Gasteiger partial charge in [-0.1, -0.05) is 6.92 Å². The van der Waals surface area contributed by atoms with E-state index in [0.717, 1.165) is 0 Å². The van der Waals surface area contributed by atoms with Gasteiger partial charge in [-0.25, -0.2) is 0 Å². The Morgan fingerprint density at radius 1 is 1.21 bits per heavy atom. The first kappa shape index (κ1) is 13.5. The number of hydrogen-bond acceptors (Lipinski definition) is 4. The maximum Gasteiger partial charge on any atom is 0.310 e. The van der Waals surface area contributed by atoms with Gasteiger partial charge in [-0.05, 0) is 24.3 Å². The van der Waals surface area contributed by atoms with Gasteiger partial charge in [-0.2, -0.15) is 0 Å². The third-order valence-corrected chi connectivity index (χ3v) is 2.92. The normalized spacial score (nSPS) is 15.1. The van der Waals surface area contributed by atoms with Crippen LogP contribution in [-0.4, -0.2) is 43.1 Å². The molecule has 1 heterocycles. The number of morpholine rings is 1. The minimum Gasteiger partial charge on any atom is -0.427 e. The third-order valence-electron chi connectivity index (χ3n) is 2.92. The summed E-state index contributed by atoms with van der Waals surface area (Å²) in [4.78, 5) is 25.0. The lowest BCUT2D eigenvalue weighted by atomic mass is 10.2. The molecule has 0 N–H and O–H groups in total. The summed E-state index contributed by atoms with van der Waals surface area (Å²) in [7, 11) is 0. The molecule has 0 bridgehead atoms. The van der Waals surface area contributed by atoms with Crippen molar-refractivity contribution in [3.05, 3.63) is 29.8 Å². The van der Waals surface area contributed by atoms with E-state index in [2.05, 4.69) is 0 Å². The van der Waals surface area contributed by atoms with Crippen molar-refractivity contribution in [1.29, 1.82) is 0 Å². The Kier molecular flexibility index (Phi) is 4.52. The second-order valence-corrected chi connectivity index (χ2v) is 4.26. The molecular formula is C14H17NO4. The van der Waals surface area contributed by atoms with E-state index in [1.54, 1.807) is 36.1 Å². The van der Waals surface area contributed by atoms with Crippen LogP contribution in [0.2, 0.25) is 0 Å². The van der Waals surface area contributed by atoms with Crippen LogP contribution in [0.4, 0.5) is 0 Å². The van der Waals surface area contributed by atoms with Crippen molar-refractivity contribution in [3.8, 4) is 5.75 Å². The zero-order valence-corrected chi connectivity index (χ0v) is 10.9. The molecule has 0 aliphatic carbocycles. The van der Waals surface area contributed by atoms with Crippen LogP contribution < -0.4 is 4.74 Å². The third kappa shape index (κ3) is 3.54. The van der Waals surface area contributed by atoms with Crippen LogP contribution in [0, 0.1) is 0 Å². The molecule has 1 aromatic rings. The monoisotopic (exact) mass is 263 g/mol. The van der Waals surface area contributed by atoms with Gasteiger partial charge in [0.15, 0.2) is 0 Å². The molecule has 0 spiro atoms. The average Bonchev–Trinajstić information content (AvgIpc) is 2.48. The molecule has 1 saturated heterocycles. The summed E-state index contributed by atoms with van der Waals surface area (Å²) in [5.74, 6) is 0.161. The Labute approximate surface area is 112 Å². The summed E-state index contributed by atoms with van der Waals surface area (Å²) in [5.41, 5.74) is 0.596. The molecule has 102 valence electrons. The molecule has 5 nitrogen and oxygen atoms in total. The maximum absolute atomic E-state index is 12.2. The quantitative estimate of drug-likeness (QED) is 0.612. The van der Waals surface area contributed by atoms with Gasteiger partial charge in [0, 0.05) is 25.1 Å². The zero-order valence-electron chi connectivity index (χ0n) is 10.9. The summed E-state index contributed by atoms with van der Waals surface area (Å²) in [6.07, 6.45) is 0.328. The fraction of sp³-hybridized carbons (Fsp3) is 0.429. The van der Waals surface area contributed by atoms with Gasteiger partial charge in [0.1, 0.15) is 5.75 Å². The molecule has 2 rings (SSSR count). The largest absolute Gasteiger partial charge is 0.427 e. The minimum absolute atomic E-state index is 0.0170. The topological polar surface area (TPSA) is 55.8 Å². The summed E-state index contributed by atoms with van der Waals surface area (Å²) < 4.78 is 10.3. The first-order valence-electron chi connectivity index (χ1n) is 6.38. The Morgan fingerprint density at radius 3 is 2.42 bits per heavy atom. The highest BCUT2D eigenvalue weighted by Gasteiger charge is 2.18. The second kappa shape index (κ2) is 6.33. The number of nitrogens with zero attached hydrogens (tertiary/aromatic N) is 1. The lowest BCUT2D eigenvalue weighted by Gasteiger charge is -2.26. The number of benzene rings is 1. The number of amides is 1. The van der Waals surface area contributed by atoms with E-state index < -0.39 is 0 Å². The van der Waals surface area contributed by atoms with E-state index in [0.29, 0.717) is 44.0 Å². The van der Waals surface area contributed by atoms with Gasteiger partial charge >= 0.3 is 5.97 Å². The Hall–Kier alpha value is -1.88. The van der Waals surface area contributed by atoms with E-state index in [1.165, 1.54) is 0 Å². The SMILES string of the molecule is CCC(=O)Oc1ccc(C(=O)N2CCOCC2)cc1. The van der Waals surface area contributed by atoms with Gasteiger partial charge in [0.2, 0.25) is 0 Å². The van der Waals surface area contributed by atoms with Crippen molar-refractivity contribution < 1.29 is 19.1 Å². The minimum atomic E-state index is -0.285. The van der Waals surface area contributed by atoms with E-state index in [-0.39, 0.29) is 11.9 Å². The molecular weight excluding hydrogens is 246 g/mol. The summed E-state index contributed by atoms with van der Waals surface area (Å²) in [6, 6.07) is 6.63. The van der Waals surface area contributed by atoms with Crippen LogP contribution in [-0.2, 0) is 9.53 Å². The predicted molar refractivity (Wildman–Crippen MR) is 69.1 cm³/mol. The summed E-state index contributed by atoms with van der Waals surface area (Å²) in [6.45, 7) is 4.13. The summed E-state index contributed by atoms with van der Waals surface area (Å²) in [5, 5.41) is 0. The van der Waals surface area contributed by atoms with Gasteiger partial charge in [0.25, 0.3) is 5.91 Å². The number of hydrogen-bond donors (Lipinski definition) is 0. The van der Waals surface area contributed by atoms with E-state index in [1.807, 2.05) is 0 Å². The molecule has 0 radical (unpaired) electrons. The molecule has 0 aromatic heterocycles. The van der Waals surface area contributed by atoms with E-state index in [9.17, 15) is 9.59 Å². The van der Waals surface area contributed by atoms with Crippen LogP contribution in [0.25, 0.3) is 0 Å². The zero-order chi connectivity index (χ0) is 13.7. The van der Waals surface area contributed by atoms with Gasteiger partial charge in [-0.3, -0.25) is 9.59 Å². The summed E-state index contributed by atoms with van der Waals surface area (Å²) >= 11 is 0. The Morgan fingerprint density at radius 2 is 1.84 bits per heavy atom. The number of carbonyl (C=O) groups excluding carboxylic acids is 2. The lowest BCUT2D eigenvalue weighted by molar-refractivity contribution is -0.134. The molecule has 1 aliphatic rings. The highest BCUT2D eigenvalue weighted by molar-refractivity contribution is 5.94. The Balaban J connectivity index is 2.01. The van der Waals surface area contributed by atoms with Crippen molar-refractivity contribution in [2.24, 2.45) is 0 Å². The van der Waals surface area contributed by atoms with E-state index >= 15 is 0 Å². The molecule has 0 unspecified atom stereocenters. The molecule has 0 atom stereocenters. The van der Waals surface area contributed by atoms with Crippen molar-refractivity contribution in [1.82, 2.24) is 4.90 Å². The van der Waals surface area contributed by atoms with Crippen LogP contribution in [0.1, 0.15) is 23.7 Å². The molecule has 1 aliphatic heterocycles. The number of rotatable bonds is 3. The van der Waals surface area contributed by atoms with Crippen LogP contribution >= 0.6 is 0 Å². The molecule has 5 heteroatoms. The smallest absolute Gasteiger partial charge is 0.310 e. The highest BCUT2D eigenvalue weighted by atomic mass is 16.5. The van der Waals surface area contributed by atoms with Gasteiger partial charge in [0.05, 0.1) is 13.2 Å². The first-order chi connectivity index (χ1) is 9.20. The fourth-order valence-electron chi connectivity index (χ4n) is 1.82. The average molecular weight is 263 g/mol. The molecule has 1 aromatic carbocycles. The van der Waals surface area contributed by atoms with Crippen molar-refractivity contribution in [2.45, 2.75) is 13.3 Å². The lowest BCUT2D eigenvalue weighted by Crippen LogP contribution is -2.40. The standard InChI is InChI=1S/C14H17NO4/c1-2-13(16)19-12-5-3-11(4-6-12)14(17)15-7-9-18-10-8-15/h3-6H,2,7-10H2,1H3. The van der Waals surface area contributed by atoms with Crippen LogP contribution in [0.3, 0.4) is 0 Å². The molecule has 19 heavy (non-hydrogen) atoms. The van der Waals surface area contributed by atoms with Crippen molar-refractivity contribution >= 4 is 11.9 Å².